The van der Waals surface area contributed by atoms with Crippen LogP contribution >= 0.6 is 0 Å². The first-order chi connectivity index (χ1) is 9.92. The molecule has 6 heteroatoms. The maximum absolute atomic E-state index is 12.5. The molecule has 0 saturated carbocycles. The minimum atomic E-state index is -1.29. The van der Waals surface area contributed by atoms with Crippen LogP contribution in [-0.2, 0) is 11.0 Å². The molecular weight excluding hydrogens is 286 g/mol. The first kappa shape index (κ1) is 14.7. The highest BCUT2D eigenvalue weighted by molar-refractivity contribution is 7.85. The zero-order valence-electron chi connectivity index (χ0n) is 12.7. The molecule has 1 spiro atoms. The van der Waals surface area contributed by atoms with E-state index in [-0.39, 0.29) is 4.75 Å². The zero-order valence-corrected chi connectivity index (χ0v) is 13.5. The third-order valence-electron chi connectivity index (χ3n) is 3.89. The van der Waals surface area contributed by atoms with Gasteiger partial charge in [0.05, 0.1) is 10.9 Å². The lowest BCUT2D eigenvalue weighted by atomic mass is 9.86. The lowest BCUT2D eigenvalue weighted by Crippen LogP contribution is -2.49. The van der Waals surface area contributed by atoms with Gasteiger partial charge in [-0.15, -0.1) is 0 Å². The topological polar surface area (TPSA) is 63.6 Å². The maximum Gasteiger partial charge on any atom is 0.155 e. The van der Waals surface area contributed by atoms with Gasteiger partial charge in [0.1, 0.15) is 22.4 Å². The van der Waals surface area contributed by atoms with Crippen molar-refractivity contribution in [3.8, 4) is 5.75 Å². The van der Waals surface area contributed by atoms with Crippen LogP contribution in [0, 0.1) is 0 Å². The molecule has 21 heavy (non-hydrogen) atoms. The Balaban J connectivity index is 2.07. The van der Waals surface area contributed by atoms with Gasteiger partial charge in [0.15, 0.2) is 5.60 Å². The highest BCUT2D eigenvalue weighted by Crippen LogP contribution is 2.40. The molecule has 2 aliphatic rings. The van der Waals surface area contributed by atoms with Gasteiger partial charge in [0, 0.05) is 24.6 Å². The molecule has 1 fully saturated rings. The first-order valence-corrected chi connectivity index (χ1v) is 8.38. The standard InChI is InChI=1S/C15H21N3O2S/c1-14(2,3)21(19)18-13-11-4-7-17-10-12(11)20-15(13)5-8-16-9-6-15/h4,7,10,16H,5-6,8-9H2,1-3H3/t21-/m1/s1. The molecule has 5 nitrogen and oxygen atoms in total. The van der Waals surface area contributed by atoms with E-state index in [0.29, 0.717) is 0 Å². The Labute approximate surface area is 127 Å². The molecule has 1 atom stereocenters. The van der Waals surface area contributed by atoms with Crippen LogP contribution in [0.25, 0.3) is 0 Å². The summed E-state index contributed by atoms with van der Waals surface area (Å²) in [4.78, 5) is 4.13. The minimum absolute atomic E-state index is 0.378. The Hall–Kier alpha value is -1.27. The fourth-order valence-electron chi connectivity index (χ4n) is 2.68. The average molecular weight is 307 g/mol. The van der Waals surface area contributed by atoms with Gasteiger partial charge in [-0.25, -0.2) is 4.21 Å². The monoisotopic (exact) mass is 307 g/mol. The van der Waals surface area contributed by atoms with Gasteiger partial charge in [0.2, 0.25) is 0 Å². The van der Waals surface area contributed by atoms with E-state index < -0.39 is 16.6 Å². The number of hydrogen-bond donors (Lipinski definition) is 1. The highest BCUT2D eigenvalue weighted by Gasteiger charge is 2.47. The molecule has 0 unspecified atom stereocenters. The molecule has 2 aliphatic heterocycles. The second kappa shape index (κ2) is 5.18. The number of hydrogen-bond acceptors (Lipinski definition) is 4. The number of rotatable bonds is 1. The second-order valence-corrected chi connectivity index (χ2v) is 8.43. The lowest BCUT2D eigenvalue weighted by molar-refractivity contribution is 0.116. The van der Waals surface area contributed by atoms with Crippen LogP contribution in [0.5, 0.6) is 5.75 Å². The normalized spacial score (nSPS) is 23.9. The van der Waals surface area contributed by atoms with Crippen LogP contribution in [0.1, 0.15) is 39.2 Å². The number of nitrogens with zero attached hydrogens (tertiary/aromatic N) is 2. The highest BCUT2D eigenvalue weighted by atomic mass is 32.2. The van der Waals surface area contributed by atoms with Gasteiger partial charge in [-0.05, 0) is 39.9 Å². The molecule has 1 aromatic heterocycles. The molecule has 114 valence electrons. The maximum atomic E-state index is 12.5. The van der Waals surface area contributed by atoms with E-state index in [0.717, 1.165) is 43.0 Å². The predicted octanol–water partition coefficient (Wildman–Crippen LogP) is 1.85. The van der Waals surface area contributed by atoms with Gasteiger partial charge in [0.25, 0.3) is 0 Å². The Morgan fingerprint density at radius 3 is 2.76 bits per heavy atom. The summed E-state index contributed by atoms with van der Waals surface area (Å²) in [6.07, 6.45) is 5.13. The van der Waals surface area contributed by atoms with Crippen molar-refractivity contribution in [2.45, 2.75) is 44.0 Å². The van der Waals surface area contributed by atoms with Crippen molar-refractivity contribution in [1.29, 1.82) is 0 Å². The van der Waals surface area contributed by atoms with E-state index in [9.17, 15) is 4.21 Å². The summed E-state index contributed by atoms with van der Waals surface area (Å²) >= 11 is 0. The predicted molar refractivity (Wildman–Crippen MR) is 84.1 cm³/mol. The Morgan fingerprint density at radius 1 is 1.38 bits per heavy atom. The summed E-state index contributed by atoms with van der Waals surface area (Å²) in [5.41, 5.74) is 1.32. The molecule has 1 N–H and O–H groups in total. The number of ether oxygens (including phenoxy) is 1. The van der Waals surface area contributed by atoms with Crippen molar-refractivity contribution in [1.82, 2.24) is 10.3 Å². The Kier molecular flexibility index (Phi) is 3.61. The third-order valence-corrected chi connectivity index (χ3v) is 5.28. The van der Waals surface area contributed by atoms with Crippen molar-refractivity contribution >= 4 is 16.7 Å². The van der Waals surface area contributed by atoms with E-state index in [4.69, 9.17) is 4.74 Å². The molecule has 0 amide bonds. The summed E-state index contributed by atoms with van der Waals surface area (Å²) < 4.78 is 22.9. The van der Waals surface area contributed by atoms with E-state index in [1.54, 1.807) is 12.4 Å². The summed E-state index contributed by atoms with van der Waals surface area (Å²) in [7, 11) is -1.29. The molecule has 3 heterocycles. The number of aromatic nitrogens is 1. The molecular formula is C15H21N3O2S. The summed E-state index contributed by atoms with van der Waals surface area (Å²) in [6.45, 7) is 7.56. The van der Waals surface area contributed by atoms with Crippen molar-refractivity contribution in [2.24, 2.45) is 4.40 Å². The number of fused-ring (bicyclic) bond motifs is 1. The lowest BCUT2D eigenvalue weighted by Gasteiger charge is -2.33. The SMILES string of the molecule is CC(C)(C)[S@@](=O)N=C1c2ccncc2OC12CCNCC2. The van der Waals surface area contributed by atoms with Crippen LogP contribution in [0.2, 0.25) is 0 Å². The summed E-state index contributed by atoms with van der Waals surface area (Å²) in [5.74, 6) is 0.754. The number of pyridine rings is 1. The molecule has 1 aromatic rings. The fraction of sp³-hybridized carbons (Fsp3) is 0.600. The summed E-state index contributed by atoms with van der Waals surface area (Å²) in [6, 6.07) is 1.91. The molecule has 0 aliphatic carbocycles. The van der Waals surface area contributed by atoms with Gasteiger partial charge in [-0.2, -0.15) is 4.40 Å². The molecule has 0 bridgehead atoms. The van der Waals surface area contributed by atoms with E-state index in [1.165, 1.54) is 0 Å². The van der Waals surface area contributed by atoms with Crippen LogP contribution in [0.3, 0.4) is 0 Å². The molecule has 0 radical (unpaired) electrons. The van der Waals surface area contributed by atoms with Crippen molar-refractivity contribution in [3.63, 3.8) is 0 Å². The minimum Gasteiger partial charge on any atom is -0.478 e. The zero-order chi connectivity index (χ0) is 15.1. The van der Waals surface area contributed by atoms with Crippen LogP contribution in [0.15, 0.2) is 22.9 Å². The van der Waals surface area contributed by atoms with Crippen molar-refractivity contribution in [3.05, 3.63) is 24.0 Å². The van der Waals surface area contributed by atoms with Crippen molar-refractivity contribution in [2.75, 3.05) is 13.1 Å². The average Bonchev–Trinajstić information content (AvgIpc) is 2.72. The smallest absolute Gasteiger partial charge is 0.155 e. The first-order valence-electron chi connectivity index (χ1n) is 7.28. The van der Waals surface area contributed by atoms with E-state index in [1.807, 2.05) is 26.8 Å². The van der Waals surface area contributed by atoms with Gasteiger partial charge < -0.3 is 10.1 Å². The largest absolute Gasteiger partial charge is 0.478 e. The van der Waals surface area contributed by atoms with Gasteiger partial charge >= 0.3 is 0 Å². The van der Waals surface area contributed by atoms with Gasteiger partial charge in [-0.1, -0.05) is 0 Å². The van der Waals surface area contributed by atoms with Gasteiger partial charge in [-0.3, -0.25) is 4.98 Å². The van der Waals surface area contributed by atoms with E-state index >= 15 is 0 Å². The van der Waals surface area contributed by atoms with Crippen LogP contribution in [-0.4, -0.2) is 38.3 Å². The fourth-order valence-corrected chi connectivity index (χ4v) is 3.39. The summed E-state index contributed by atoms with van der Waals surface area (Å²) in [5, 5.41) is 3.34. The Morgan fingerprint density at radius 2 is 2.10 bits per heavy atom. The number of piperidine rings is 1. The second-order valence-electron chi connectivity index (χ2n) is 6.52. The van der Waals surface area contributed by atoms with Crippen LogP contribution in [0.4, 0.5) is 0 Å². The molecule has 3 rings (SSSR count). The van der Waals surface area contributed by atoms with Crippen molar-refractivity contribution < 1.29 is 8.95 Å². The molecule has 0 aromatic carbocycles. The Bertz CT molecular complexity index is 601. The third kappa shape index (κ3) is 2.62. The van der Waals surface area contributed by atoms with Crippen LogP contribution < -0.4 is 10.1 Å². The van der Waals surface area contributed by atoms with E-state index in [2.05, 4.69) is 14.7 Å². The quantitative estimate of drug-likeness (QED) is 0.860. The molecule has 1 saturated heterocycles. The number of nitrogens with one attached hydrogen (secondary N) is 1.